The van der Waals surface area contributed by atoms with Crippen molar-refractivity contribution < 1.29 is 0 Å². The third kappa shape index (κ3) is 3.55. The van der Waals surface area contributed by atoms with Gasteiger partial charge < -0.3 is 0 Å². The summed E-state index contributed by atoms with van der Waals surface area (Å²) in [5, 5.41) is 8.83. The summed E-state index contributed by atoms with van der Waals surface area (Å²) in [6.45, 7) is 4.71. The molecule has 0 unspecified atom stereocenters. The smallest absolute Gasteiger partial charge is 0.0759 e. The van der Waals surface area contributed by atoms with Crippen molar-refractivity contribution in [2.24, 2.45) is 0 Å². The molecule has 0 atom stereocenters. The quantitative estimate of drug-likeness (QED) is 0.155. The molecule has 8 aromatic rings. The number of fused-ring (bicyclic) bond motifs is 8. The van der Waals surface area contributed by atoms with Crippen LogP contribution in [0.15, 0.2) is 140 Å². The number of aromatic nitrogens is 1. The normalized spacial score (nSPS) is 13.5. The molecule has 1 aromatic heterocycles. The largest absolute Gasteiger partial charge is 0.247 e. The summed E-state index contributed by atoms with van der Waals surface area (Å²) in [7, 11) is 0. The van der Waals surface area contributed by atoms with Crippen LogP contribution >= 0.6 is 0 Å². The van der Waals surface area contributed by atoms with Crippen molar-refractivity contribution in [3.8, 4) is 33.5 Å². The molecule has 7 aromatic carbocycles. The maximum Gasteiger partial charge on any atom is 0.0759 e. The van der Waals surface area contributed by atoms with Gasteiger partial charge in [-0.1, -0.05) is 129 Å². The van der Waals surface area contributed by atoms with E-state index in [0.29, 0.717) is 0 Å². The molecule has 1 nitrogen and oxygen atoms in total. The second-order valence-corrected chi connectivity index (χ2v) is 12.4. The van der Waals surface area contributed by atoms with Gasteiger partial charge in [-0.2, -0.15) is 0 Å². The minimum Gasteiger partial charge on any atom is -0.247 e. The monoisotopic (exact) mass is 547 g/mol. The zero-order chi connectivity index (χ0) is 28.7. The highest BCUT2D eigenvalue weighted by Crippen LogP contribution is 2.54. The Labute approximate surface area is 251 Å². The Morgan fingerprint density at radius 3 is 1.91 bits per heavy atom. The lowest BCUT2D eigenvalue weighted by atomic mass is 9.78. The molecule has 0 radical (unpaired) electrons. The van der Waals surface area contributed by atoms with E-state index >= 15 is 0 Å². The van der Waals surface area contributed by atoms with Crippen LogP contribution in [0, 0.1) is 0 Å². The van der Waals surface area contributed by atoms with E-state index in [1.54, 1.807) is 0 Å². The van der Waals surface area contributed by atoms with Crippen LogP contribution in [0.25, 0.3) is 76.7 Å². The lowest BCUT2D eigenvalue weighted by molar-refractivity contribution is 0.662. The second kappa shape index (κ2) is 8.86. The third-order valence-electron chi connectivity index (χ3n) is 9.57. The number of hydrogen-bond acceptors (Lipinski definition) is 1. The molecule has 202 valence electrons. The minimum atomic E-state index is -0.167. The molecule has 0 aliphatic heterocycles. The van der Waals surface area contributed by atoms with Crippen LogP contribution in [-0.4, -0.2) is 4.98 Å². The van der Waals surface area contributed by atoms with Gasteiger partial charge in [0.1, 0.15) is 0 Å². The molecule has 0 saturated carbocycles. The highest BCUT2D eigenvalue weighted by Gasteiger charge is 2.39. The van der Waals surface area contributed by atoms with Crippen molar-refractivity contribution in [2.75, 3.05) is 0 Å². The molecule has 0 amide bonds. The van der Waals surface area contributed by atoms with E-state index in [2.05, 4.69) is 153 Å². The molecule has 1 heterocycles. The molecule has 1 heteroatoms. The van der Waals surface area contributed by atoms with Crippen molar-refractivity contribution in [2.45, 2.75) is 19.3 Å². The van der Waals surface area contributed by atoms with Crippen LogP contribution in [-0.2, 0) is 5.41 Å². The van der Waals surface area contributed by atoms with Gasteiger partial charge in [-0.05, 0) is 90.0 Å². The Morgan fingerprint density at radius 2 is 1.09 bits per heavy atom. The first-order valence-corrected chi connectivity index (χ1v) is 15.1. The standard InChI is InChI=1S/C42H29N/c1-42(2)36-14-8-7-13-35(36)41-40(42)38(39-34-12-6-5-9-27(34)21-22-37(39)43-41)28-17-15-26(16-18-28)31-19-20-32-23-29-10-3-4-11-30(29)24-33(32)25-31/h3-25H,1-2H3. The number of benzene rings is 7. The third-order valence-corrected chi connectivity index (χ3v) is 9.57. The summed E-state index contributed by atoms with van der Waals surface area (Å²) in [5.41, 5.74) is 10.9. The molecular weight excluding hydrogens is 518 g/mol. The summed E-state index contributed by atoms with van der Waals surface area (Å²) in [6, 6.07) is 51.1. The average molecular weight is 548 g/mol. The fourth-order valence-corrected chi connectivity index (χ4v) is 7.45. The molecule has 1 aliphatic rings. The van der Waals surface area contributed by atoms with Crippen LogP contribution in [0.5, 0.6) is 0 Å². The predicted molar refractivity (Wildman–Crippen MR) is 183 cm³/mol. The summed E-state index contributed by atoms with van der Waals surface area (Å²) in [5.74, 6) is 0. The zero-order valence-electron chi connectivity index (χ0n) is 24.2. The Balaban J connectivity index is 1.27. The van der Waals surface area contributed by atoms with E-state index in [1.807, 2.05) is 0 Å². The van der Waals surface area contributed by atoms with Crippen molar-refractivity contribution in [1.29, 1.82) is 0 Å². The Hall–Kier alpha value is -5.27. The van der Waals surface area contributed by atoms with Gasteiger partial charge in [-0.25, -0.2) is 4.98 Å². The Morgan fingerprint density at radius 1 is 0.488 bits per heavy atom. The van der Waals surface area contributed by atoms with Gasteiger partial charge in [0.25, 0.3) is 0 Å². The number of rotatable bonds is 2. The van der Waals surface area contributed by atoms with E-state index < -0.39 is 0 Å². The number of hydrogen-bond donors (Lipinski definition) is 0. The maximum absolute atomic E-state index is 5.34. The molecule has 1 aliphatic carbocycles. The molecule has 0 saturated heterocycles. The molecule has 0 N–H and O–H groups in total. The van der Waals surface area contributed by atoms with Gasteiger partial charge in [0, 0.05) is 16.4 Å². The van der Waals surface area contributed by atoms with Crippen LogP contribution in [0.2, 0.25) is 0 Å². The molecule has 9 rings (SSSR count). The van der Waals surface area contributed by atoms with E-state index in [9.17, 15) is 0 Å². The predicted octanol–water partition coefficient (Wildman–Crippen LogP) is 11.3. The van der Waals surface area contributed by atoms with Crippen molar-refractivity contribution in [3.05, 3.63) is 151 Å². The topological polar surface area (TPSA) is 12.9 Å². The van der Waals surface area contributed by atoms with Gasteiger partial charge in [-0.3, -0.25) is 0 Å². The fourth-order valence-electron chi connectivity index (χ4n) is 7.45. The molecule has 0 spiro atoms. The summed E-state index contributed by atoms with van der Waals surface area (Å²) in [6.07, 6.45) is 0. The highest BCUT2D eigenvalue weighted by atomic mass is 14.7. The Kier molecular flexibility index (Phi) is 5.02. The van der Waals surface area contributed by atoms with E-state index in [1.165, 1.54) is 76.6 Å². The molecule has 43 heavy (non-hydrogen) atoms. The van der Waals surface area contributed by atoms with Gasteiger partial charge in [-0.15, -0.1) is 0 Å². The lowest BCUT2D eigenvalue weighted by Crippen LogP contribution is -2.16. The van der Waals surface area contributed by atoms with Gasteiger partial charge in [0.15, 0.2) is 0 Å². The highest BCUT2D eigenvalue weighted by molar-refractivity contribution is 6.16. The summed E-state index contributed by atoms with van der Waals surface area (Å²) in [4.78, 5) is 5.34. The summed E-state index contributed by atoms with van der Waals surface area (Å²) >= 11 is 0. The van der Waals surface area contributed by atoms with Crippen LogP contribution in [0.3, 0.4) is 0 Å². The molecular formula is C42H29N. The average Bonchev–Trinajstić information content (AvgIpc) is 3.28. The first-order valence-electron chi connectivity index (χ1n) is 15.1. The van der Waals surface area contributed by atoms with Gasteiger partial charge in [0.05, 0.1) is 11.2 Å². The van der Waals surface area contributed by atoms with Crippen LogP contribution in [0.1, 0.15) is 25.0 Å². The first-order chi connectivity index (χ1) is 21.1. The van der Waals surface area contributed by atoms with Crippen LogP contribution < -0.4 is 0 Å². The Bertz CT molecular complexity index is 2410. The van der Waals surface area contributed by atoms with Crippen molar-refractivity contribution in [3.63, 3.8) is 0 Å². The fraction of sp³-hybridized carbons (Fsp3) is 0.0714. The first kappa shape index (κ1) is 24.3. The lowest BCUT2D eigenvalue weighted by Gasteiger charge is -2.25. The van der Waals surface area contributed by atoms with E-state index in [0.717, 1.165) is 11.2 Å². The van der Waals surface area contributed by atoms with Crippen molar-refractivity contribution in [1.82, 2.24) is 4.98 Å². The summed E-state index contributed by atoms with van der Waals surface area (Å²) < 4.78 is 0. The van der Waals surface area contributed by atoms with E-state index in [-0.39, 0.29) is 5.41 Å². The van der Waals surface area contributed by atoms with Crippen LogP contribution in [0.4, 0.5) is 0 Å². The van der Waals surface area contributed by atoms with Gasteiger partial charge >= 0.3 is 0 Å². The maximum atomic E-state index is 5.34. The number of nitrogens with zero attached hydrogens (tertiary/aromatic N) is 1. The van der Waals surface area contributed by atoms with Crippen molar-refractivity contribution >= 4 is 43.2 Å². The number of pyridine rings is 1. The second-order valence-electron chi connectivity index (χ2n) is 12.4. The molecule has 0 fully saturated rings. The SMILES string of the molecule is CC1(C)c2ccccc2-c2nc3ccc4ccccc4c3c(-c3ccc(-c4ccc5cc6ccccc6cc5c4)cc3)c21. The minimum absolute atomic E-state index is 0.167. The molecule has 0 bridgehead atoms. The zero-order valence-corrected chi connectivity index (χ0v) is 24.2. The van der Waals surface area contributed by atoms with Gasteiger partial charge in [0.2, 0.25) is 0 Å². The van der Waals surface area contributed by atoms with E-state index in [4.69, 9.17) is 4.98 Å².